The van der Waals surface area contributed by atoms with Crippen molar-refractivity contribution in [2.24, 2.45) is 0 Å². The third-order valence-electron chi connectivity index (χ3n) is 2.89. The highest BCUT2D eigenvalue weighted by Gasteiger charge is 2.24. The Morgan fingerprint density at radius 2 is 2.19 bits per heavy atom. The summed E-state index contributed by atoms with van der Waals surface area (Å²) in [6, 6.07) is 3.50. The molecular formula is C14H24N2O3S2. The minimum Gasteiger partial charge on any atom is -0.395 e. The molecular weight excluding hydrogens is 308 g/mol. The Labute approximate surface area is 131 Å². The first-order chi connectivity index (χ1) is 10.1. The Morgan fingerprint density at radius 1 is 1.43 bits per heavy atom. The molecule has 120 valence electrons. The maximum absolute atomic E-state index is 12.5. The molecule has 0 aliphatic rings. The summed E-state index contributed by atoms with van der Waals surface area (Å²) in [4.78, 5) is 1.04. The normalized spacial score (nSPS) is 12.0. The van der Waals surface area contributed by atoms with Gasteiger partial charge in [-0.2, -0.15) is 4.31 Å². The van der Waals surface area contributed by atoms with Crippen LogP contribution >= 0.6 is 11.3 Å². The Hall–Kier alpha value is -0.730. The molecule has 0 aliphatic heterocycles. The second-order valence-electron chi connectivity index (χ2n) is 4.60. The van der Waals surface area contributed by atoms with E-state index in [4.69, 9.17) is 5.11 Å². The molecule has 0 fully saturated rings. The van der Waals surface area contributed by atoms with Crippen LogP contribution < -0.4 is 5.32 Å². The molecule has 1 heterocycles. The van der Waals surface area contributed by atoms with E-state index in [2.05, 4.69) is 18.8 Å². The fraction of sp³-hybridized carbons (Fsp3) is 0.571. The molecule has 0 saturated heterocycles. The molecule has 5 nitrogen and oxygen atoms in total. The second-order valence-corrected chi connectivity index (χ2v) is 7.93. The molecule has 1 aromatic heterocycles. The smallest absolute Gasteiger partial charge is 0.252 e. The van der Waals surface area contributed by atoms with Gasteiger partial charge in [-0.3, -0.25) is 0 Å². The van der Waals surface area contributed by atoms with Crippen LogP contribution in [0, 0.1) is 0 Å². The largest absolute Gasteiger partial charge is 0.395 e. The zero-order valence-electron chi connectivity index (χ0n) is 12.4. The Bertz CT molecular complexity index is 526. The van der Waals surface area contributed by atoms with Crippen LogP contribution in [0.1, 0.15) is 18.2 Å². The average Bonchev–Trinajstić information content (AvgIpc) is 2.93. The topological polar surface area (TPSA) is 69.6 Å². The lowest BCUT2D eigenvalue weighted by atomic mass is 10.3. The van der Waals surface area contributed by atoms with Crippen molar-refractivity contribution in [1.82, 2.24) is 9.62 Å². The van der Waals surface area contributed by atoms with Crippen molar-refractivity contribution in [2.75, 3.05) is 32.8 Å². The van der Waals surface area contributed by atoms with Crippen LogP contribution in [0.15, 0.2) is 29.0 Å². The molecule has 0 radical (unpaired) electrons. The summed E-state index contributed by atoms with van der Waals surface area (Å²) >= 11 is 1.29. The van der Waals surface area contributed by atoms with Crippen LogP contribution in [0.2, 0.25) is 0 Å². The summed E-state index contributed by atoms with van der Waals surface area (Å²) in [6.45, 7) is 7.57. The number of aliphatic hydroxyl groups is 1. The molecule has 0 saturated carbocycles. The maximum atomic E-state index is 12.5. The van der Waals surface area contributed by atoms with E-state index >= 15 is 0 Å². The van der Waals surface area contributed by atoms with Gasteiger partial charge in [-0.1, -0.05) is 13.0 Å². The minimum absolute atomic E-state index is 0.0830. The number of nitrogens with zero attached hydrogens (tertiary/aromatic N) is 1. The van der Waals surface area contributed by atoms with E-state index in [9.17, 15) is 8.42 Å². The van der Waals surface area contributed by atoms with Gasteiger partial charge in [-0.05, 0) is 38.1 Å². The van der Waals surface area contributed by atoms with E-state index in [0.717, 1.165) is 30.8 Å². The van der Waals surface area contributed by atoms with Gasteiger partial charge >= 0.3 is 0 Å². The van der Waals surface area contributed by atoms with E-state index in [1.54, 1.807) is 6.07 Å². The highest BCUT2D eigenvalue weighted by molar-refractivity contribution is 7.91. The van der Waals surface area contributed by atoms with Gasteiger partial charge < -0.3 is 10.4 Å². The minimum atomic E-state index is -3.54. The van der Waals surface area contributed by atoms with Crippen LogP contribution in [-0.2, 0) is 16.4 Å². The Kier molecular flexibility index (Phi) is 8.13. The zero-order chi connectivity index (χ0) is 15.7. The molecule has 1 rings (SSSR count). The van der Waals surface area contributed by atoms with Crippen molar-refractivity contribution < 1.29 is 13.5 Å². The van der Waals surface area contributed by atoms with E-state index in [1.165, 1.54) is 21.7 Å². The van der Waals surface area contributed by atoms with Crippen molar-refractivity contribution in [3.8, 4) is 0 Å². The van der Waals surface area contributed by atoms with E-state index in [-0.39, 0.29) is 19.7 Å². The van der Waals surface area contributed by atoms with Crippen LogP contribution in [-0.4, -0.2) is 50.6 Å². The predicted octanol–water partition coefficient (Wildman–Crippen LogP) is 1.46. The third kappa shape index (κ3) is 5.52. The monoisotopic (exact) mass is 332 g/mol. The first-order valence-corrected chi connectivity index (χ1v) is 9.33. The van der Waals surface area contributed by atoms with Gasteiger partial charge in [0.05, 0.1) is 6.61 Å². The van der Waals surface area contributed by atoms with Crippen LogP contribution in [0.25, 0.3) is 0 Å². The van der Waals surface area contributed by atoms with Gasteiger partial charge in [0, 0.05) is 18.0 Å². The number of rotatable bonds is 11. The average molecular weight is 332 g/mol. The van der Waals surface area contributed by atoms with Crippen molar-refractivity contribution in [3.05, 3.63) is 29.7 Å². The summed E-state index contributed by atoms with van der Waals surface area (Å²) in [5.41, 5.74) is 0. The number of thiophene rings is 1. The lowest BCUT2D eigenvalue weighted by Gasteiger charge is -2.18. The number of nitrogens with one attached hydrogen (secondary N) is 1. The second kappa shape index (κ2) is 9.32. The molecule has 21 heavy (non-hydrogen) atoms. The molecule has 2 N–H and O–H groups in total. The number of sulfonamides is 1. The summed E-state index contributed by atoms with van der Waals surface area (Å²) in [7, 11) is -3.54. The summed E-state index contributed by atoms with van der Waals surface area (Å²) < 4.78 is 26.5. The van der Waals surface area contributed by atoms with Crippen molar-refractivity contribution in [3.63, 3.8) is 0 Å². The van der Waals surface area contributed by atoms with Crippen molar-refractivity contribution >= 4 is 21.4 Å². The molecule has 0 aliphatic carbocycles. The molecule has 1 aromatic rings. The maximum Gasteiger partial charge on any atom is 0.252 e. The highest BCUT2D eigenvalue weighted by Crippen LogP contribution is 2.25. The molecule has 0 unspecified atom stereocenters. The Balaban J connectivity index is 2.74. The lowest BCUT2D eigenvalue weighted by molar-refractivity contribution is 0.260. The predicted molar refractivity (Wildman–Crippen MR) is 87.2 cm³/mol. The van der Waals surface area contributed by atoms with E-state index < -0.39 is 10.0 Å². The fourth-order valence-electron chi connectivity index (χ4n) is 1.84. The summed E-state index contributed by atoms with van der Waals surface area (Å²) in [5, 5.41) is 12.3. The molecule has 7 heteroatoms. The molecule has 0 aromatic carbocycles. The van der Waals surface area contributed by atoms with Crippen LogP contribution in [0.3, 0.4) is 0 Å². The van der Waals surface area contributed by atoms with Gasteiger partial charge in [0.25, 0.3) is 10.0 Å². The van der Waals surface area contributed by atoms with Crippen molar-refractivity contribution in [1.29, 1.82) is 0 Å². The quantitative estimate of drug-likeness (QED) is 0.475. The van der Waals surface area contributed by atoms with Gasteiger partial charge in [-0.25, -0.2) is 8.42 Å². The summed E-state index contributed by atoms with van der Waals surface area (Å²) in [5.74, 6) is 0. The zero-order valence-corrected chi connectivity index (χ0v) is 14.0. The van der Waals surface area contributed by atoms with E-state index in [0.29, 0.717) is 4.21 Å². The van der Waals surface area contributed by atoms with Crippen molar-refractivity contribution in [2.45, 2.75) is 24.0 Å². The first-order valence-electron chi connectivity index (χ1n) is 7.07. The van der Waals surface area contributed by atoms with Crippen LogP contribution in [0.4, 0.5) is 0 Å². The number of hydrogen-bond acceptors (Lipinski definition) is 5. The number of hydrogen-bond donors (Lipinski definition) is 2. The van der Waals surface area contributed by atoms with E-state index in [1.807, 2.05) is 6.07 Å². The third-order valence-corrected chi connectivity index (χ3v) is 6.37. The molecule has 0 spiro atoms. The van der Waals surface area contributed by atoms with Crippen LogP contribution in [0.5, 0.6) is 0 Å². The summed E-state index contributed by atoms with van der Waals surface area (Å²) in [6.07, 6.45) is 3.43. The SMILES string of the molecule is C=CCN(CCO)S(=O)(=O)c1ccc(CCNCCC)s1. The van der Waals surface area contributed by atoms with Gasteiger partial charge in [0.1, 0.15) is 4.21 Å². The number of aliphatic hydroxyl groups excluding tert-OH is 1. The standard InChI is InChI=1S/C14H24N2O3S2/c1-3-8-15-9-7-13-5-6-14(20-13)21(18,19)16(10-4-2)11-12-17/h4-6,15,17H,2-3,7-12H2,1H3. The Morgan fingerprint density at radius 3 is 2.81 bits per heavy atom. The fourth-order valence-corrected chi connectivity index (χ4v) is 4.75. The van der Waals surface area contributed by atoms with Gasteiger partial charge in [0.2, 0.25) is 0 Å². The highest BCUT2D eigenvalue weighted by atomic mass is 32.2. The van der Waals surface area contributed by atoms with Gasteiger partial charge in [-0.15, -0.1) is 17.9 Å². The lowest BCUT2D eigenvalue weighted by Crippen LogP contribution is -2.33. The molecule has 0 atom stereocenters. The molecule has 0 bridgehead atoms. The molecule has 0 amide bonds. The van der Waals surface area contributed by atoms with Gasteiger partial charge in [0.15, 0.2) is 0 Å². The first kappa shape index (κ1) is 18.3.